The quantitative estimate of drug-likeness (QED) is 0.556. The molecular formula is C21H27FN4O3S2. The third-order valence-electron chi connectivity index (χ3n) is 5.15. The number of thioether (sulfide) groups is 1. The van der Waals surface area contributed by atoms with Crippen LogP contribution in [-0.2, 0) is 21.4 Å². The highest BCUT2D eigenvalue weighted by molar-refractivity contribution is 7.99. The molecule has 0 saturated carbocycles. The first-order chi connectivity index (χ1) is 14.8. The van der Waals surface area contributed by atoms with Crippen molar-refractivity contribution in [1.82, 2.24) is 19.1 Å². The highest BCUT2D eigenvalue weighted by Crippen LogP contribution is 2.21. The Morgan fingerprint density at radius 3 is 2.55 bits per heavy atom. The maximum Gasteiger partial charge on any atom is 0.244 e. The lowest BCUT2D eigenvalue weighted by molar-refractivity contribution is -0.128. The van der Waals surface area contributed by atoms with E-state index in [1.807, 2.05) is 14.0 Å². The van der Waals surface area contributed by atoms with Crippen LogP contribution >= 0.6 is 11.8 Å². The molecule has 0 radical (unpaired) electrons. The summed E-state index contributed by atoms with van der Waals surface area (Å²) in [5.41, 5.74) is 0.733. The topological polar surface area (TPSA) is 73.8 Å². The van der Waals surface area contributed by atoms with Crippen molar-refractivity contribution in [3.05, 3.63) is 54.0 Å². The number of carbonyl (C=O) groups is 1. The summed E-state index contributed by atoms with van der Waals surface area (Å²) >= 11 is 1.25. The highest BCUT2D eigenvalue weighted by atomic mass is 32.2. The second-order valence-electron chi connectivity index (χ2n) is 7.37. The number of benzene rings is 1. The predicted octanol–water partition coefficient (Wildman–Crippen LogP) is 2.30. The second kappa shape index (κ2) is 10.5. The normalized spacial score (nSPS) is 15.7. The van der Waals surface area contributed by atoms with Gasteiger partial charge in [0.25, 0.3) is 0 Å². The molecule has 0 bridgehead atoms. The number of carbonyl (C=O) groups excluding carboxylic acids is 1. The first kappa shape index (κ1) is 23.6. The number of piperazine rings is 1. The van der Waals surface area contributed by atoms with E-state index in [0.29, 0.717) is 44.3 Å². The van der Waals surface area contributed by atoms with E-state index >= 15 is 0 Å². The Morgan fingerprint density at radius 2 is 1.94 bits per heavy atom. The van der Waals surface area contributed by atoms with Crippen molar-refractivity contribution in [2.75, 3.05) is 45.5 Å². The summed E-state index contributed by atoms with van der Waals surface area (Å²) in [7, 11) is -1.59. The van der Waals surface area contributed by atoms with E-state index in [2.05, 4.69) is 9.88 Å². The van der Waals surface area contributed by atoms with Crippen molar-refractivity contribution < 1.29 is 17.6 Å². The standard InChI is InChI=1S/C21H27FN4O3S2/c1-3-25(15-17-5-4-6-18(22)13-17)21(27)16-30-20-8-7-19(14-23-20)31(28,29)26-11-9-24(2)10-12-26/h4-8,13-14H,3,9-12,15-16H2,1-2H3. The van der Waals surface area contributed by atoms with Crippen LogP contribution in [0.5, 0.6) is 0 Å². The van der Waals surface area contributed by atoms with Gasteiger partial charge < -0.3 is 9.80 Å². The molecular weight excluding hydrogens is 439 g/mol. The average Bonchev–Trinajstić information content (AvgIpc) is 2.76. The zero-order valence-electron chi connectivity index (χ0n) is 17.7. The Balaban J connectivity index is 1.57. The summed E-state index contributed by atoms with van der Waals surface area (Å²) in [5.74, 6) is -0.250. The molecule has 168 valence electrons. The maximum atomic E-state index is 13.4. The van der Waals surface area contributed by atoms with Gasteiger partial charge >= 0.3 is 0 Å². The van der Waals surface area contributed by atoms with Crippen LogP contribution in [0.1, 0.15) is 12.5 Å². The van der Waals surface area contributed by atoms with Gasteiger partial charge in [-0.3, -0.25) is 4.79 Å². The Kier molecular flexibility index (Phi) is 8.04. The van der Waals surface area contributed by atoms with Crippen LogP contribution in [0.2, 0.25) is 0 Å². The molecule has 0 spiro atoms. The number of rotatable bonds is 8. The number of hydrogen-bond donors (Lipinski definition) is 0. The van der Waals surface area contributed by atoms with Gasteiger partial charge in [0.05, 0.1) is 10.8 Å². The first-order valence-electron chi connectivity index (χ1n) is 10.1. The van der Waals surface area contributed by atoms with E-state index in [1.54, 1.807) is 23.1 Å². The van der Waals surface area contributed by atoms with Gasteiger partial charge in [-0.1, -0.05) is 23.9 Å². The van der Waals surface area contributed by atoms with Crippen LogP contribution in [0.4, 0.5) is 4.39 Å². The number of aromatic nitrogens is 1. The van der Waals surface area contributed by atoms with E-state index in [9.17, 15) is 17.6 Å². The van der Waals surface area contributed by atoms with Crippen LogP contribution in [0, 0.1) is 5.82 Å². The lowest BCUT2D eigenvalue weighted by atomic mass is 10.2. The van der Waals surface area contributed by atoms with Crippen molar-refractivity contribution in [3.63, 3.8) is 0 Å². The Morgan fingerprint density at radius 1 is 1.19 bits per heavy atom. The number of sulfonamides is 1. The SMILES string of the molecule is CCN(Cc1cccc(F)c1)C(=O)CSc1ccc(S(=O)(=O)N2CCN(C)CC2)cn1. The number of amides is 1. The lowest BCUT2D eigenvalue weighted by Crippen LogP contribution is -2.47. The smallest absolute Gasteiger partial charge is 0.244 e. The molecule has 2 heterocycles. The molecule has 10 heteroatoms. The fourth-order valence-electron chi connectivity index (χ4n) is 3.24. The van der Waals surface area contributed by atoms with Crippen LogP contribution in [-0.4, -0.2) is 78.9 Å². The van der Waals surface area contributed by atoms with Crippen molar-refractivity contribution in [3.8, 4) is 0 Å². The molecule has 1 fully saturated rings. The van der Waals surface area contributed by atoms with E-state index < -0.39 is 10.0 Å². The summed E-state index contributed by atoms with van der Waals surface area (Å²) in [6, 6.07) is 9.37. The van der Waals surface area contributed by atoms with Gasteiger partial charge in [0, 0.05) is 45.5 Å². The maximum absolute atomic E-state index is 13.4. The van der Waals surface area contributed by atoms with Crippen molar-refractivity contribution in [1.29, 1.82) is 0 Å². The van der Waals surface area contributed by atoms with E-state index in [0.717, 1.165) is 5.56 Å². The molecule has 0 aliphatic carbocycles. The fraction of sp³-hybridized carbons (Fsp3) is 0.429. The molecule has 1 saturated heterocycles. The van der Waals surface area contributed by atoms with Gasteiger partial charge in [0.15, 0.2) is 0 Å². The molecule has 1 aromatic heterocycles. The molecule has 7 nitrogen and oxygen atoms in total. The predicted molar refractivity (Wildman–Crippen MR) is 119 cm³/mol. The van der Waals surface area contributed by atoms with Crippen LogP contribution in [0.3, 0.4) is 0 Å². The Bertz CT molecular complexity index is 994. The molecule has 1 aromatic carbocycles. The minimum absolute atomic E-state index is 0.0901. The zero-order valence-corrected chi connectivity index (χ0v) is 19.3. The summed E-state index contributed by atoms with van der Waals surface area (Å²) in [6.45, 7) is 5.04. The van der Waals surface area contributed by atoms with Crippen molar-refractivity contribution >= 4 is 27.7 Å². The van der Waals surface area contributed by atoms with Gasteiger partial charge in [-0.2, -0.15) is 4.31 Å². The zero-order chi connectivity index (χ0) is 22.4. The lowest BCUT2D eigenvalue weighted by Gasteiger charge is -2.31. The molecule has 1 amide bonds. The average molecular weight is 467 g/mol. The third-order valence-corrected chi connectivity index (χ3v) is 7.96. The highest BCUT2D eigenvalue weighted by Gasteiger charge is 2.27. The number of hydrogen-bond acceptors (Lipinski definition) is 6. The summed E-state index contributed by atoms with van der Waals surface area (Å²) in [4.78, 5) is 20.7. The second-order valence-corrected chi connectivity index (χ2v) is 10.3. The number of halogens is 1. The van der Waals surface area contributed by atoms with E-state index in [-0.39, 0.29) is 22.4 Å². The molecule has 1 aliphatic heterocycles. The summed E-state index contributed by atoms with van der Waals surface area (Å²) in [6.07, 6.45) is 1.35. The summed E-state index contributed by atoms with van der Waals surface area (Å²) < 4.78 is 40.4. The molecule has 0 atom stereocenters. The largest absolute Gasteiger partial charge is 0.338 e. The number of pyridine rings is 1. The molecule has 0 N–H and O–H groups in total. The monoisotopic (exact) mass is 466 g/mol. The van der Waals surface area contributed by atoms with Crippen LogP contribution < -0.4 is 0 Å². The van der Waals surface area contributed by atoms with Gasteiger partial charge in [-0.15, -0.1) is 0 Å². The number of likely N-dealkylation sites (N-methyl/N-ethyl adjacent to an activating group) is 1. The van der Waals surface area contributed by atoms with Gasteiger partial charge in [-0.05, 0) is 43.8 Å². The third kappa shape index (κ3) is 6.25. The first-order valence-corrected chi connectivity index (χ1v) is 12.5. The minimum Gasteiger partial charge on any atom is -0.338 e. The van der Waals surface area contributed by atoms with Gasteiger partial charge in [0.2, 0.25) is 15.9 Å². The Hall–Kier alpha value is -2.01. The van der Waals surface area contributed by atoms with E-state index in [4.69, 9.17) is 0 Å². The van der Waals surface area contributed by atoms with Gasteiger partial charge in [0.1, 0.15) is 10.7 Å². The van der Waals surface area contributed by atoms with Crippen molar-refractivity contribution in [2.24, 2.45) is 0 Å². The Labute approximate surface area is 187 Å². The summed E-state index contributed by atoms with van der Waals surface area (Å²) in [5, 5.41) is 0.576. The number of nitrogens with zero attached hydrogens (tertiary/aromatic N) is 4. The molecule has 1 aliphatic rings. The molecule has 0 unspecified atom stereocenters. The van der Waals surface area contributed by atoms with Gasteiger partial charge in [-0.25, -0.2) is 17.8 Å². The van der Waals surface area contributed by atoms with Crippen LogP contribution in [0.25, 0.3) is 0 Å². The molecule has 3 rings (SSSR count). The minimum atomic E-state index is -3.56. The van der Waals surface area contributed by atoms with Crippen molar-refractivity contribution in [2.45, 2.75) is 23.4 Å². The van der Waals surface area contributed by atoms with Crippen LogP contribution in [0.15, 0.2) is 52.5 Å². The fourth-order valence-corrected chi connectivity index (χ4v) is 5.35. The molecule has 31 heavy (non-hydrogen) atoms. The van der Waals surface area contributed by atoms with E-state index in [1.165, 1.54) is 40.5 Å². The molecule has 2 aromatic rings.